The summed E-state index contributed by atoms with van der Waals surface area (Å²) in [4.78, 5) is 24.3. The van der Waals surface area contributed by atoms with E-state index in [1.807, 2.05) is 0 Å². The number of thioether (sulfide) groups is 1. The van der Waals surface area contributed by atoms with Gasteiger partial charge in [0.2, 0.25) is 11.8 Å². The van der Waals surface area contributed by atoms with Gasteiger partial charge in [0.05, 0.1) is 47.4 Å². The largest absolute Gasteiger partial charge is 0.495 e. The van der Waals surface area contributed by atoms with Crippen molar-refractivity contribution in [1.82, 2.24) is 10.6 Å². The summed E-state index contributed by atoms with van der Waals surface area (Å²) in [5.74, 6) is 0.312. The number of benzene rings is 1. The van der Waals surface area contributed by atoms with Crippen LogP contribution < -0.4 is 15.4 Å². The minimum Gasteiger partial charge on any atom is -0.495 e. The van der Waals surface area contributed by atoms with Crippen molar-refractivity contribution in [3.63, 3.8) is 0 Å². The van der Waals surface area contributed by atoms with Gasteiger partial charge in [-0.15, -0.1) is 0 Å². The number of halogens is 1. The molecule has 1 aromatic heterocycles. The predicted octanol–water partition coefficient (Wildman–Crippen LogP) is 3.33. The normalized spacial score (nSPS) is 16.2. The van der Waals surface area contributed by atoms with Crippen LogP contribution in [-0.2, 0) is 16.1 Å². The predicted molar refractivity (Wildman–Crippen MR) is 109 cm³/mol. The quantitative estimate of drug-likeness (QED) is 0.696. The van der Waals surface area contributed by atoms with E-state index in [4.69, 9.17) is 20.8 Å². The lowest BCUT2D eigenvalue weighted by Gasteiger charge is -2.25. The van der Waals surface area contributed by atoms with Crippen LogP contribution in [0.5, 0.6) is 5.75 Å². The van der Waals surface area contributed by atoms with E-state index in [9.17, 15) is 14.9 Å². The number of nitrogens with one attached hydrogen (secondary N) is 2. The molecule has 0 saturated heterocycles. The van der Waals surface area contributed by atoms with Gasteiger partial charge in [-0.3, -0.25) is 9.59 Å². The topological polar surface area (TPSA) is 104 Å². The average Bonchev–Trinajstić information content (AvgIpc) is 3.23. The summed E-state index contributed by atoms with van der Waals surface area (Å²) in [6.07, 6.45) is 1.66. The Morgan fingerprint density at radius 3 is 2.97 bits per heavy atom. The van der Waals surface area contributed by atoms with Crippen LogP contribution in [0.3, 0.4) is 0 Å². The molecule has 2 amide bonds. The van der Waals surface area contributed by atoms with E-state index >= 15 is 0 Å². The van der Waals surface area contributed by atoms with Gasteiger partial charge in [-0.1, -0.05) is 29.4 Å². The van der Waals surface area contributed by atoms with Crippen LogP contribution in [0.25, 0.3) is 0 Å². The highest BCUT2D eigenvalue weighted by molar-refractivity contribution is 8.03. The molecule has 0 radical (unpaired) electrons. The maximum atomic E-state index is 12.2. The molecule has 9 heteroatoms. The third-order valence-corrected chi connectivity index (χ3v) is 5.63. The van der Waals surface area contributed by atoms with Gasteiger partial charge in [0, 0.05) is 12.3 Å². The van der Waals surface area contributed by atoms with E-state index < -0.39 is 5.92 Å². The minimum absolute atomic E-state index is 0.0532. The number of amides is 2. The Kier molecular flexibility index (Phi) is 6.86. The minimum atomic E-state index is -0.439. The third-order valence-electron chi connectivity index (χ3n) is 4.32. The zero-order valence-corrected chi connectivity index (χ0v) is 17.1. The fourth-order valence-corrected chi connectivity index (χ4v) is 4.08. The highest BCUT2D eigenvalue weighted by atomic mass is 35.5. The van der Waals surface area contributed by atoms with Crippen LogP contribution in [0.2, 0.25) is 5.02 Å². The second-order valence-electron chi connectivity index (χ2n) is 6.20. The van der Waals surface area contributed by atoms with Gasteiger partial charge in [0.15, 0.2) is 0 Å². The number of hydrogen-bond donors (Lipinski definition) is 2. The number of furan rings is 1. The van der Waals surface area contributed by atoms with Crippen molar-refractivity contribution in [2.75, 3.05) is 12.9 Å². The summed E-state index contributed by atoms with van der Waals surface area (Å²) in [6, 6.07) is 10.8. The summed E-state index contributed by atoms with van der Waals surface area (Å²) in [6.45, 7) is 0.274. The molecule has 2 N–H and O–H groups in total. The van der Waals surface area contributed by atoms with Crippen molar-refractivity contribution in [3.05, 3.63) is 63.5 Å². The van der Waals surface area contributed by atoms with Gasteiger partial charge in [-0.05, 0) is 29.8 Å². The molecule has 2 heterocycles. The van der Waals surface area contributed by atoms with E-state index in [0.717, 1.165) is 17.3 Å². The molecule has 1 aromatic carbocycles. The molecule has 29 heavy (non-hydrogen) atoms. The molecule has 1 atom stereocenters. The fourth-order valence-electron chi connectivity index (χ4n) is 2.90. The van der Waals surface area contributed by atoms with Crippen LogP contribution in [0.1, 0.15) is 23.7 Å². The van der Waals surface area contributed by atoms with E-state index in [2.05, 4.69) is 16.7 Å². The molecule has 2 aromatic rings. The standard InChI is InChI=1S/C20H18ClN3O4S/c1-27-17-5-4-12(7-16(17)21)14-8-18(25)24-20(15(14)9-22)29-11-19(26)23-10-13-3-2-6-28-13/h2-7,14H,8,10-11H2,1H3,(H,23,26)(H,24,25)/t14-/m0/s1. The number of nitriles is 1. The average molecular weight is 432 g/mol. The molecule has 7 nitrogen and oxygen atoms in total. The molecule has 1 aliphatic heterocycles. The van der Waals surface area contributed by atoms with E-state index in [-0.39, 0.29) is 30.5 Å². The Hall–Kier alpha value is -2.89. The number of allylic oxidation sites excluding steroid dienone is 1. The fraction of sp³-hybridized carbons (Fsp3) is 0.250. The van der Waals surface area contributed by atoms with Crippen LogP contribution in [0.4, 0.5) is 0 Å². The summed E-state index contributed by atoms with van der Waals surface area (Å²) >= 11 is 7.32. The number of ether oxygens (including phenoxy) is 1. The monoisotopic (exact) mass is 431 g/mol. The van der Waals surface area contributed by atoms with Gasteiger partial charge in [-0.25, -0.2) is 0 Å². The zero-order chi connectivity index (χ0) is 20.8. The molecular formula is C20H18ClN3O4S. The first kappa shape index (κ1) is 20.8. The molecule has 150 valence electrons. The van der Waals surface area contributed by atoms with Crippen molar-refractivity contribution >= 4 is 35.2 Å². The lowest BCUT2D eigenvalue weighted by atomic mass is 9.87. The second kappa shape index (κ2) is 9.54. The van der Waals surface area contributed by atoms with E-state index in [1.54, 1.807) is 30.3 Å². The van der Waals surface area contributed by atoms with Crippen molar-refractivity contribution in [2.24, 2.45) is 0 Å². The Morgan fingerprint density at radius 2 is 2.31 bits per heavy atom. The Morgan fingerprint density at radius 1 is 1.48 bits per heavy atom. The molecule has 0 aliphatic carbocycles. The Labute approximate surface area is 177 Å². The molecule has 0 unspecified atom stereocenters. The molecule has 0 fully saturated rings. The molecule has 0 spiro atoms. The van der Waals surface area contributed by atoms with Gasteiger partial charge in [0.1, 0.15) is 11.5 Å². The maximum Gasteiger partial charge on any atom is 0.230 e. The van der Waals surface area contributed by atoms with Gasteiger partial charge in [-0.2, -0.15) is 5.26 Å². The molecule has 0 bridgehead atoms. The molecule has 3 rings (SSSR count). The number of nitrogens with zero attached hydrogens (tertiary/aromatic N) is 1. The van der Waals surface area contributed by atoms with Crippen LogP contribution in [-0.4, -0.2) is 24.7 Å². The summed E-state index contributed by atoms with van der Waals surface area (Å²) in [7, 11) is 1.52. The van der Waals surface area contributed by atoms with Gasteiger partial charge in [0.25, 0.3) is 0 Å². The number of carbonyl (C=O) groups excluding carboxylic acids is 2. The van der Waals surface area contributed by atoms with Crippen molar-refractivity contribution < 1.29 is 18.7 Å². The number of rotatable bonds is 7. The second-order valence-corrected chi connectivity index (χ2v) is 7.59. The van der Waals surface area contributed by atoms with Crippen molar-refractivity contribution in [2.45, 2.75) is 18.9 Å². The van der Waals surface area contributed by atoms with Gasteiger partial charge >= 0.3 is 0 Å². The number of hydrogen-bond acceptors (Lipinski definition) is 6. The first-order valence-corrected chi connectivity index (χ1v) is 10.1. The highest BCUT2D eigenvalue weighted by Gasteiger charge is 2.30. The number of carbonyl (C=O) groups is 2. The lowest BCUT2D eigenvalue weighted by molar-refractivity contribution is -0.121. The van der Waals surface area contributed by atoms with E-state index in [0.29, 0.717) is 27.1 Å². The lowest BCUT2D eigenvalue weighted by Crippen LogP contribution is -2.32. The summed E-state index contributed by atoms with van der Waals surface area (Å²) in [5, 5.41) is 15.9. The van der Waals surface area contributed by atoms with Crippen molar-refractivity contribution in [3.8, 4) is 11.8 Å². The first-order valence-electron chi connectivity index (χ1n) is 8.71. The summed E-state index contributed by atoms with van der Waals surface area (Å²) < 4.78 is 10.3. The Bertz CT molecular complexity index is 982. The summed E-state index contributed by atoms with van der Waals surface area (Å²) in [5.41, 5.74) is 1.14. The van der Waals surface area contributed by atoms with Crippen LogP contribution >= 0.6 is 23.4 Å². The SMILES string of the molecule is COc1ccc([C@@H]2CC(=O)NC(SCC(=O)NCc3ccco3)=C2C#N)cc1Cl. The molecule has 0 saturated carbocycles. The Balaban J connectivity index is 1.73. The smallest absolute Gasteiger partial charge is 0.230 e. The zero-order valence-electron chi connectivity index (χ0n) is 15.5. The van der Waals surface area contributed by atoms with Crippen LogP contribution in [0.15, 0.2) is 51.6 Å². The highest BCUT2D eigenvalue weighted by Crippen LogP contribution is 2.38. The first-order chi connectivity index (χ1) is 14.0. The molecule has 1 aliphatic rings. The maximum absolute atomic E-state index is 12.2. The van der Waals surface area contributed by atoms with Crippen LogP contribution in [0, 0.1) is 11.3 Å². The van der Waals surface area contributed by atoms with Crippen molar-refractivity contribution in [1.29, 1.82) is 5.26 Å². The number of methoxy groups -OCH3 is 1. The third kappa shape index (κ3) is 5.13. The van der Waals surface area contributed by atoms with Gasteiger partial charge < -0.3 is 19.8 Å². The van der Waals surface area contributed by atoms with E-state index in [1.165, 1.54) is 13.4 Å². The molecular weight excluding hydrogens is 414 g/mol.